The molecular weight excluding hydrogens is 244 g/mol. The Kier molecular flexibility index (Phi) is 2.29. The monoisotopic (exact) mass is 256 g/mol. The number of carbonyl (C=O) groups is 1. The fourth-order valence-corrected chi connectivity index (χ4v) is 4.55. The first-order chi connectivity index (χ1) is 7.65. The molecule has 0 radical (unpaired) electrons. The van der Waals surface area contributed by atoms with Crippen molar-refractivity contribution in [3.8, 4) is 0 Å². The Labute approximate surface area is 100 Å². The van der Waals surface area contributed by atoms with Crippen LogP contribution in [0.1, 0.15) is 34.1 Å². The second kappa shape index (κ2) is 3.56. The van der Waals surface area contributed by atoms with Gasteiger partial charge < -0.3 is 0 Å². The lowest BCUT2D eigenvalue weighted by Crippen LogP contribution is -2.35. The van der Waals surface area contributed by atoms with Gasteiger partial charge in [-0.25, -0.2) is 4.21 Å². The van der Waals surface area contributed by atoms with Crippen LogP contribution in [0.15, 0.2) is 0 Å². The summed E-state index contributed by atoms with van der Waals surface area (Å²) in [7, 11) is 0. The molecule has 16 heavy (non-hydrogen) atoms. The van der Waals surface area contributed by atoms with Crippen molar-refractivity contribution in [3.63, 3.8) is 0 Å². The molecule has 1 aromatic rings. The molecule has 1 amide bonds. The molecule has 2 atom stereocenters. The molecule has 2 N–H and O–H groups in total. The van der Waals surface area contributed by atoms with E-state index >= 15 is 0 Å². The fourth-order valence-electron chi connectivity index (χ4n) is 2.31. The Morgan fingerprint density at radius 2 is 2.25 bits per heavy atom. The van der Waals surface area contributed by atoms with Gasteiger partial charge in [-0.05, 0) is 30.7 Å². The molecule has 0 saturated heterocycles. The maximum absolute atomic E-state index is 11.8. The third-order valence-corrected chi connectivity index (χ3v) is 5.17. The summed E-state index contributed by atoms with van der Waals surface area (Å²) in [5.74, 6) is 0.486. The highest BCUT2D eigenvalue weighted by molar-refractivity contribution is 7.85. The molecule has 4 nitrogen and oxygen atoms in total. The van der Waals surface area contributed by atoms with Gasteiger partial charge in [-0.2, -0.15) is 0 Å². The van der Waals surface area contributed by atoms with Gasteiger partial charge in [-0.15, -0.1) is 11.3 Å². The van der Waals surface area contributed by atoms with Crippen LogP contribution in [-0.4, -0.2) is 10.1 Å². The zero-order valence-electron chi connectivity index (χ0n) is 8.83. The normalized spacial score (nSPS) is 27.7. The van der Waals surface area contributed by atoms with Crippen LogP contribution in [0.3, 0.4) is 0 Å². The van der Waals surface area contributed by atoms with E-state index in [9.17, 15) is 9.00 Å². The lowest BCUT2D eigenvalue weighted by molar-refractivity contribution is 0.0982. The minimum absolute atomic E-state index is 0.195. The first kappa shape index (κ1) is 10.3. The van der Waals surface area contributed by atoms with E-state index in [1.54, 1.807) is 11.3 Å². The van der Waals surface area contributed by atoms with Crippen LogP contribution in [0.2, 0.25) is 0 Å². The van der Waals surface area contributed by atoms with Crippen molar-refractivity contribution in [2.75, 3.05) is 4.72 Å². The number of thiophene rings is 1. The van der Waals surface area contributed by atoms with Gasteiger partial charge in [0, 0.05) is 4.88 Å². The van der Waals surface area contributed by atoms with Crippen LogP contribution in [0.5, 0.6) is 0 Å². The minimum Gasteiger partial charge on any atom is -0.278 e. The molecule has 0 saturated carbocycles. The lowest BCUT2D eigenvalue weighted by atomic mass is 9.88. The van der Waals surface area contributed by atoms with Gasteiger partial charge >= 0.3 is 0 Å². The van der Waals surface area contributed by atoms with Crippen molar-refractivity contribution < 1.29 is 9.00 Å². The number of fused-ring (bicyclic) bond motifs is 3. The van der Waals surface area contributed by atoms with E-state index in [0.29, 0.717) is 5.92 Å². The maximum atomic E-state index is 11.8. The number of nitrogens with one attached hydrogen (secondary N) is 2. The molecule has 1 aromatic heterocycles. The van der Waals surface area contributed by atoms with Gasteiger partial charge in [0.05, 0.1) is 5.56 Å². The van der Waals surface area contributed by atoms with Crippen LogP contribution in [-0.2, 0) is 24.0 Å². The van der Waals surface area contributed by atoms with Gasteiger partial charge in [-0.1, -0.05) is 6.92 Å². The van der Waals surface area contributed by atoms with Crippen molar-refractivity contribution in [1.29, 1.82) is 0 Å². The Hall–Kier alpha value is -0.880. The van der Waals surface area contributed by atoms with Crippen molar-refractivity contribution in [1.82, 2.24) is 4.72 Å². The molecule has 0 unspecified atom stereocenters. The van der Waals surface area contributed by atoms with Crippen LogP contribution in [0, 0.1) is 5.92 Å². The van der Waals surface area contributed by atoms with E-state index in [4.69, 9.17) is 0 Å². The number of carbonyl (C=O) groups excluding carboxylic acids is 1. The number of amides is 1. The van der Waals surface area contributed by atoms with E-state index in [-0.39, 0.29) is 5.91 Å². The third kappa shape index (κ3) is 1.48. The quantitative estimate of drug-likeness (QED) is 0.741. The predicted molar refractivity (Wildman–Crippen MR) is 64.7 cm³/mol. The molecule has 0 bridgehead atoms. The van der Waals surface area contributed by atoms with Gasteiger partial charge in [0.2, 0.25) is 11.2 Å². The van der Waals surface area contributed by atoms with Crippen molar-refractivity contribution >= 4 is 33.4 Å². The second-order valence-corrected chi connectivity index (χ2v) is 6.41. The molecule has 1 aliphatic heterocycles. The standard InChI is InChI=1S/C10H12N2O2S2/c1-5-2-3-6-7(4-5)15-10-8(6)9(13)11-16(14)12-10/h5,12H,2-4H2,1H3,(H,11,13)/t5-,16-/m1/s1. The van der Waals surface area contributed by atoms with Gasteiger partial charge in [0.15, 0.2) is 0 Å². The average molecular weight is 256 g/mol. The predicted octanol–water partition coefficient (Wildman–Crippen LogP) is 1.61. The molecule has 1 aliphatic carbocycles. The second-order valence-electron chi connectivity index (χ2n) is 4.36. The zero-order valence-corrected chi connectivity index (χ0v) is 10.5. The fraction of sp³-hybridized carbons (Fsp3) is 0.500. The van der Waals surface area contributed by atoms with Crippen LogP contribution in [0.4, 0.5) is 5.00 Å². The topological polar surface area (TPSA) is 58.2 Å². The summed E-state index contributed by atoms with van der Waals surface area (Å²) in [6, 6.07) is 0. The molecule has 2 aliphatic rings. The highest BCUT2D eigenvalue weighted by Gasteiger charge is 2.31. The third-order valence-electron chi connectivity index (χ3n) is 3.11. The molecule has 6 heteroatoms. The molecule has 3 rings (SSSR count). The summed E-state index contributed by atoms with van der Waals surface area (Å²) in [5, 5.41) is 0.779. The Balaban J connectivity index is 2.11. The number of hydrogen-bond acceptors (Lipinski definition) is 3. The number of hydrogen-bond donors (Lipinski definition) is 2. The summed E-state index contributed by atoms with van der Waals surface area (Å²) >= 11 is 0.126. The van der Waals surface area contributed by atoms with E-state index in [2.05, 4.69) is 16.4 Å². The smallest absolute Gasteiger partial charge is 0.267 e. The van der Waals surface area contributed by atoms with Gasteiger partial charge in [-0.3, -0.25) is 14.2 Å². The number of rotatable bonds is 0. The van der Waals surface area contributed by atoms with Crippen LogP contribution >= 0.6 is 11.3 Å². The molecule has 0 spiro atoms. The molecule has 0 aromatic carbocycles. The lowest BCUT2D eigenvalue weighted by Gasteiger charge is -2.19. The van der Waals surface area contributed by atoms with Crippen LogP contribution < -0.4 is 9.44 Å². The molecular formula is C10H12N2O2S2. The SMILES string of the molecule is C[C@@H]1CCc2c(sc3c2C(=O)N[S@@](=O)N3)C1. The largest absolute Gasteiger partial charge is 0.278 e. The Morgan fingerprint density at radius 3 is 3.06 bits per heavy atom. The summed E-state index contributed by atoms with van der Waals surface area (Å²) in [5.41, 5.74) is 1.89. The Morgan fingerprint density at radius 1 is 1.44 bits per heavy atom. The maximum Gasteiger partial charge on any atom is 0.267 e. The van der Waals surface area contributed by atoms with Crippen molar-refractivity contribution in [2.45, 2.75) is 26.2 Å². The molecule has 2 heterocycles. The van der Waals surface area contributed by atoms with E-state index in [1.165, 1.54) is 10.4 Å². The summed E-state index contributed by atoms with van der Waals surface area (Å²) in [4.78, 5) is 13.1. The summed E-state index contributed by atoms with van der Waals surface area (Å²) in [6.45, 7) is 2.23. The van der Waals surface area contributed by atoms with E-state index < -0.39 is 11.2 Å². The first-order valence-electron chi connectivity index (χ1n) is 5.29. The molecule has 86 valence electrons. The summed E-state index contributed by atoms with van der Waals surface area (Å²) < 4.78 is 16.5. The average Bonchev–Trinajstić information content (AvgIpc) is 2.54. The van der Waals surface area contributed by atoms with E-state index in [1.807, 2.05) is 0 Å². The number of anilines is 1. The van der Waals surface area contributed by atoms with Gasteiger partial charge in [0.1, 0.15) is 5.00 Å². The summed E-state index contributed by atoms with van der Waals surface area (Å²) in [6.07, 6.45) is 3.13. The minimum atomic E-state index is -1.46. The van der Waals surface area contributed by atoms with Crippen molar-refractivity contribution in [2.24, 2.45) is 5.92 Å². The first-order valence-corrected chi connectivity index (χ1v) is 7.25. The van der Waals surface area contributed by atoms with Crippen LogP contribution in [0.25, 0.3) is 0 Å². The van der Waals surface area contributed by atoms with Gasteiger partial charge in [0.25, 0.3) is 5.91 Å². The highest BCUT2D eigenvalue weighted by atomic mass is 32.2. The Bertz CT molecular complexity index is 495. The zero-order chi connectivity index (χ0) is 11.3. The van der Waals surface area contributed by atoms with Crippen molar-refractivity contribution in [3.05, 3.63) is 16.0 Å². The van der Waals surface area contributed by atoms with E-state index in [0.717, 1.165) is 29.8 Å². The molecule has 0 fully saturated rings. The highest BCUT2D eigenvalue weighted by Crippen LogP contribution is 2.40.